The van der Waals surface area contributed by atoms with E-state index in [1.807, 2.05) is 0 Å². The van der Waals surface area contributed by atoms with E-state index in [1.54, 1.807) is 24.3 Å². The highest BCUT2D eigenvalue weighted by atomic mass is 16.4. The number of likely N-dealkylation sites (tertiary alicyclic amines) is 1. The molecule has 0 aliphatic carbocycles. The minimum absolute atomic E-state index is 0.131. The minimum Gasteiger partial charge on any atom is -0.480 e. The highest BCUT2D eigenvalue weighted by Crippen LogP contribution is 2.20. The largest absolute Gasteiger partial charge is 0.480 e. The molecule has 1 fully saturated rings. The summed E-state index contributed by atoms with van der Waals surface area (Å²) in [7, 11) is 0. The second-order valence-corrected chi connectivity index (χ2v) is 5.09. The molecule has 1 atom stereocenters. The van der Waals surface area contributed by atoms with E-state index in [0.29, 0.717) is 30.3 Å². The number of fused-ring (bicyclic) bond motifs is 1. The van der Waals surface area contributed by atoms with Crippen LogP contribution in [0.1, 0.15) is 23.3 Å². The van der Waals surface area contributed by atoms with Crippen LogP contribution in [0.3, 0.4) is 0 Å². The van der Waals surface area contributed by atoms with Crippen molar-refractivity contribution in [2.45, 2.75) is 18.9 Å². The number of amides is 1. The summed E-state index contributed by atoms with van der Waals surface area (Å²) in [5, 5.41) is 9.64. The third-order valence-corrected chi connectivity index (χ3v) is 3.77. The van der Waals surface area contributed by atoms with E-state index in [1.165, 1.54) is 11.0 Å². The number of nitrogens with one attached hydrogen (secondary N) is 1. The molecule has 1 aliphatic heterocycles. The maximum Gasteiger partial charge on any atom is 0.326 e. The first-order chi connectivity index (χ1) is 10.1. The van der Waals surface area contributed by atoms with Gasteiger partial charge < -0.3 is 15.0 Å². The fourth-order valence-electron chi connectivity index (χ4n) is 2.73. The van der Waals surface area contributed by atoms with Gasteiger partial charge in [0.2, 0.25) is 0 Å². The van der Waals surface area contributed by atoms with Gasteiger partial charge in [0.25, 0.3) is 5.91 Å². The van der Waals surface area contributed by atoms with Gasteiger partial charge in [-0.2, -0.15) is 0 Å². The summed E-state index contributed by atoms with van der Waals surface area (Å²) in [6, 6.07) is 7.34. The highest BCUT2D eigenvalue weighted by Gasteiger charge is 2.34. The molecule has 108 valence electrons. The number of carboxylic acid groups (broad SMARTS) is 1. The number of carbonyl (C=O) groups is 2. The monoisotopic (exact) mass is 286 g/mol. The maximum atomic E-state index is 12.5. The van der Waals surface area contributed by atoms with Crippen LogP contribution in [0.5, 0.6) is 0 Å². The number of hydrogen-bond donors (Lipinski definition) is 2. The molecular weight excluding hydrogens is 272 g/mol. The number of pyridine rings is 1. The van der Waals surface area contributed by atoms with Crippen molar-refractivity contribution in [3.05, 3.63) is 46.2 Å². The number of hydrogen-bond acceptors (Lipinski definition) is 3. The lowest BCUT2D eigenvalue weighted by Gasteiger charge is -2.21. The number of aromatic amines is 1. The fourth-order valence-corrected chi connectivity index (χ4v) is 2.73. The van der Waals surface area contributed by atoms with Crippen LogP contribution >= 0.6 is 0 Å². The normalized spacial score (nSPS) is 18.1. The van der Waals surface area contributed by atoms with Gasteiger partial charge in [-0.15, -0.1) is 0 Å². The van der Waals surface area contributed by atoms with Gasteiger partial charge in [0.05, 0.1) is 0 Å². The van der Waals surface area contributed by atoms with Gasteiger partial charge in [-0.1, -0.05) is 12.1 Å². The molecule has 3 rings (SSSR count). The second-order valence-electron chi connectivity index (χ2n) is 5.09. The van der Waals surface area contributed by atoms with Crippen molar-refractivity contribution in [2.75, 3.05) is 6.54 Å². The molecule has 6 nitrogen and oxygen atoms in total. The lowest BCUT2D eigenvalue weighted by molar-refractivity contribution is -0.141. The number of carboxylic acids is 1. The van der Waals surface area contributed by atoms with Crippen LogP contribution in [0.25, 0.3) is 10.9 Å². The second kappa shape index (κ2) is 5.05. The average Bonchev–Trinajstić information content (AvgIpc) is 2.96. The molecule has 6 heteroatoms. The molecule has 0 saturated carbocycles. The molecule has 1 aliphatic rings. The molecule has 21 heavy (non-hydrogen) atoms. The van der Waals surface area contributed by atoms with E-state index in [-0.39, 0.29) is 11.1 Å². The zero-order chi connectivity index (χ0) is 15.0. The zero-order valence-corrected chi connectivity index (χ0v) is 11.2. The number of nitrogens with zero attached hydrogens (tertiary/aromatic N) is 1. The number of aliphatic carboxylic acids is 1. The van der Waals surface area contributed by atoms with Gasteiger partial charge in [-0.05, 0) is 25.0 Å². The van der Waals surface area contributed by atoms with Crippen LogP contribution in [0.2, 0.25) is 0 Å². The van der Waals surface area contributed by atoms with Crippen LogP contribution in [0, 0.1) is 0 Å². The van der Waals surface area contributed by atoms with Gasteiger partial charge in [0, 0.05) is 23.5 Å². The smallest absolute Gasteiger partial charge is 0.326 e. The summed E-state index contributed by atoms with van der Waals surface area (Å²) >= 11 is 0. The highest BCUT2D eigenvalue weighted by molar-refractivity contribution is 5.97. The van der Waals surface area contributed by atoms with E-state index in [0.717, 1.165) is 0 Å². The van der Waals surface area contributed by atoms with E-state index >= 15 is 0 Å². The molecule has 2 heterocycles. The quantitative estimate of drug-likeness (QED) is 0.868. The Kier molecular flexibility index (Phi) is 3.21. The Morgan fingerprint density at radius 1 is 1.29 bits per heavy atom. The van der Waals surface area contributed by atoms with Gasteiger partial charge in [-0.25, -0.2) is 4.79 Å². The Hall–Kier alpha value is -2.63. The van der Waals surface area contributed by atoms with Crippen molar-refractivity contribution in [2.24, 2.45) is 0 Å². The predicted octanol–water partition coefficient (Wildman–Crippen LogP) is 1.22. The Bertz CT molecular complexity index is 781. The van der Waals surface area contributed by atoms with Crippen LogP contribution < -0.4 is 5.43 Å². The number of rotatable bonds is 2. The van der Waals surface area contributed by atoms with Crippen molar-refractivity contribution in [3.63, 3.8) is 0 Å². The van der Waals surface area contributed by atoms with Crippen LogP contribution in [0.4, 0.5) is 0 Å². The summed E-state index contributed by atoms with van der Waals surface area (Å²) in [6.07, 6.45) is 1.10. The minimum atomic E-state index is -1.01. The molecule has 1 amide bonds. The fraction of sp³-hybridized carbons (Fsp3) is 0.267. The first kappa shape index (κ1) is 13.4. The van der Waals surface area contributed by atoms with Crippen molar-refractivity contribution in [3.8, 4) is 0 Å². The third kappa shape index (κ3) is 2.29. The molecule has 0 bridgehead atoms. The van der Waals surface area contributed by atoms with Crippen molar-refractivity contribution in [1.82, 2.24) is 9.88 Å². The summed E-state index contributed by atoms with van der Waals surface area (Å²) < 4.78 is 0. The van der Waals surface area contributed by atoms with Crippen molar-refractivity contribution in [1.29, 1.82) is 0 Å². The molecule has 0 spiro atoms. The zero-order valence-electron chi connectivity index (χ0n) is 11.2. The maximum absolute atomic E-state index is 12.5. The predicted molar refractivity (Wildman–Crippen MR) is 76.3 cm³/mol. The molecule has 2 N–H and O–H groups in total. The number of H-pyrrole nitrogens is 1. The van der Waals surface area contributed by atoms with Gasteiger partial charge >= 0.3 is 5.97 Å². The number of para-hydroxylation sites is 1. The standard InChI is InChI=1S/C15H14N2O4/c18-13-8-11(16-10-5-2-1-4-9(10)13)14(19)17-7-3-6-12(17)15(20)21/h1-2,4-5,8,12H,3,6-7H2,(H,16,18)(H,20,21). The summed E-state index contributed by atoms with van der Waals surface area (Å²) in [5.41, 5.74) is 0.449. The van der Waals surface area contributed by atoms with E-state index in [9.17, 15) is 14.4 Å². The first-order valence-corrected chi connectivity index (χ1v) is 6.74. The molecule has 1 aromatic heterocycles. The molecule has 1 aromatic carbocycles. The Morgan fingerprint density at radius 3 is 2.81 bits per heavy atom. The Morgan fingerprint density at radius 2 is 2.05 bits per heavy atom. The van der Waals surface area contributed by atoms with E-state index in [4.69, 9.17) is 5.11 Å². The summed E-state index contributed by atoms with van der Waals surface area (Å²) in [5.74, 6) is -1.45. The number of aromatic nitrogens is 1. The summed E-state index contributed by atoms with van der Waals surface area (Å²) in [6.45, 7) is 0.394. The molecule has 2 aromatic rings. The SMILES string of the molecule is O=C(O)C1CCCN1C(=O)c1cc(=O)c2ccccc2[nH]1. The topological polar surface area (TPSA) is 90.5 Å². The molecular formula is C15H14N2O4. The van der Waals surface area contributed by atoms with Gasteiger partial charge in [0.15, 0.2) is 5.43 Å². The number of benzene rings is 1. The van der Waals surface area contributed by atoms with Gasteiger partial charge in [-0.3, -0.25) is 9.59 Å². The first-order valence-electron chi connectivity index (χ1n) is 6.74. The van der Waals surface area contributed by atoms with Crippen LogP contribution in [-0.4, -0.2) is 39.5 Å². The van der Waals surface area contributed by atoms with Crippen molar-refractivity contribution >= 4 is 22.8 Å². The number of carbonyl (C=O) groups excluding carboxylic acids is 1. The third-order valence-electron chi connectivity index (χ3n) is 3.77. The van der Waals surface area contributed by atoms with Crippen molar-refractivity contribution < 1.29 is 14.7 Å². The Labute approximate surface area is 120 Å². The van der Waals surface area contributed by atoms with Crippen LogP contribution in [-0.2, 0) is 4.79 Å². The molecule has 0 radical (unpaired) electrons. The lowest BCUT2D eigenvalue weighted by atomic mass is 10.1. The van der Waals surface area contributed by atoms with E-state index < -0.39 is 17.9 Å². The lowest BCUT2D eigenvalue weighted by Crippen LogP contribution is -2.41. The van der Waals surface area contributed by atoms with E-state index in [2.05, 4.69) is 4.98 Å². The average molecular weight is 286 g/mol. The van der Waals surface area contributed by atoms with Crippen LogP contribution in [0.15, 0.2) is 35.1 Å². The summed E-state index contributed by atoms with van der Waals surface area (Å²) in [4.78, 5) is 39.9. The van der Waals surface area contributed by atoms with Gasteiger partial charge in [0.1, 0.15) is 11.7 Å². The Balaban J connectivity index is 2.02. The molecule has 1 saturated heterocycles. The molecule has 1 unspecified atom stereocenters.